The Kier molecular flexibility index (Phi) is 4.98. The first-order chi connectivity index (χ1) is 13.4. The van der Waals surface area contributed by atoms with Crippen molar-refractivity contribution in [2.24, 2.45) is 0 Å². The highest BCUT2D eigenvalue weighted by Gasteiger charge is 2.25. The van der Waals surface area contributed by atoms with Crippen LogP contribution in [-0.4, -0.2) is 40.6 Å². The molecule has 1 saturated heterocycles. The van der Waals surface area contributed by atoms with Crippen molar-refractivity contribution in [3.05, 3.63) is 47.8 Å². The van der Waals surface area contributed by atoms with Gasteiger partial charge in [-0.1, -0.05) is 44.1 Å². The number of para-hydroxylation sites is 1. The van der Waals surface area contributed by atoms with E-state index in [1.807, 2.05) is 0 Å². The van der Waals surface area contributed by atoms with Gasteiger partial charge in [0.25, 0.3) is 0 Å². The van der Waals surface area contributed by atoms with Gasteiger partial charge >= 0.3 is 0 Å². The summed E-state index contributed by atoms with van der Waals surface area (Å²) in [5, 5.41) is 8.19. The summed E-state index contributed by atoms with van der Waals surface area (Å²) < 4.78 is 5.25. The third-order valence-electron chi connectivity index (χ3n) is 5.56. The van der Waals surface area contributed by atoms with E-state index in [2.05, 4.69) is 71.6 Å². The van der Waals surface area contributed by atoms with Crippen molar-refractivity contribution in [3.63, 3.8) is 0 Å². The van der Waals surface area contributed by atoms with Gasteiger partial charge in [-0.15, -0.1) is 0 Å². The van der Waals surface area contributed by atoms with E-state index in [0.717, 1.165) is 31.6 Å². The van der Waals surface area contributed by atoms with Crippen molar-refractivity contribution < 1.29 is 9.32 Å². The Morgan fingerprint density at radius 1 is 1.29 bits per heavy atom. The van der Waals surface area contributed by atoms with Crippen molar-refractivity contribution in [1.82, 2.24) is 15.0 Å². The predicted octanol–water partition coefficient (Wildman–Crippen LogP) is 4.27. The number of hydrogen-bond donors (Lipinski definition) is 2. The van der Waals surface area contributed by atoms with Crippen LogP contribution in [-0.2, 0) is 10.2 Å². The Morgan fingerprint density at radius 2 is 2.04 bits per heavy atom. The highest BCUT2D eigenvalue weighted by molar-refractivity contribution is 5.91. The molecule has 1 amide bonds. The molecule has 0 saturated carbocycles. The fraction of sp³-hybridized carbons (Fsp3) is 0.455. The number of rotatable bonds is 4. The smallest absolute Gasteiger partial charge is 0.240 e. The largest absolute Gasteiger partial charge is 0.361 e. The molecule has 2 N–H and O–H groups in total. The van der Waals surface area contributed by atoms with Crippen LogP contribution in [0.2, 0.25) is 0 Å². The van der Waals surface area contributed by atoms with Crippen LogP contribution in [0, 0.1) is 0 Å². The summed E-state index contributed by atoms with van der Waals surface area (Å²) in [5.74, 6) is 0.907. The van der Waals surface area contributed by atoms with Gasteiger partial charge in [-0.25, -0.2) is 0 Å². The van der Waals surface area contributed by atoms with Gasteiger partial charge in [0.2, 0.25) is 11.8 Å². The van der Waals surface area contributed by atoms with Gasteiger partial charge in [-0.2, -0.15) is 0 Å². The number of hydrogen-bond acceptors (Lipinski definition) is 4. The molecule has 2 aromatic heterocycles. The number of aromatic amines is 1. The van der Waals surface area contributed by atoms with Crippen molar-refractivity contribution >= 4 is 22.7 Å². The molecule has 0 bridgehead atoms. The van der Waals surface area contributed by atoms with Gasteiger partial charge in [0, 0.05) is 28.6 Å². The number of carbonyl (C=O) groups excluding carboxylic acids is 1. The normalized spacial score (nSPS) is 16.5. The topological polar surface area (TPSA) is 74.2 Å². The summed E-state index contributed by atoms with van der Waals surface area (Å²) in [7, 11) is 0. The lowest BCUT2D eigenvalue weighted by molar-refractivity contribution is -0.117. The zero-order valence-corrected chi connectivity index (χ0v) is 16.8. The molecule has 28 heavy (non-hydrogen) atoms. The number of fused-ring (bicyclic) bond motifs is 1. The number of amides is 1. The maximum absolute atomic E-state index is 12.4. The van der Waals surface area contributed by atoms with Gasteiger partial charge < -0.3 is 9.51 Å². The first kappa shape index (κ1) is 18.7. The first-order valence-corrected chi connectivity index (χ1v) is 9.95. The maximum atomic E-state index is 12.4. The van der Waals surface area contributed by atoms with E-state index < -0.39 is 0 Å². The van der Waals surface area contributed by atoms with Crippen molar-refractivity contribution in [1.29, 1.82) is 0 Å². The molecule has 0 atom stereocenters. The monoisotopic (exact) mass is 380 g/mol. The number of likely N-dealkylation sites (tertiary alicyclic amines) is 1. The maximum Gasteiger partial charge on any atom is 0.240 e. The number of anilines is 1. The van der Waals surface area contributed by atoms with Gasteiger partial charge in [-0.05, 0) is 43.5 Å². The number of piperidine rings is 1. The fourth-order valence-electron chi connectivity index (χ4n) is 3.90. The van der Waals surface area contributed by atoms with Crippen LogP contribution >= 0.6 is 0 Å². The average Bonchev–Trinajstić information content (AvgIpc) is 3.29. The molecule has 4 rings (SSSR count). The van der Waals surface area contributed by atoms with Crippen LogP contribution in [0.5, 0.6) is 0 Å². The Balaban J connectivity index is 1.30. The SMILES string of the molecule is CC(C)(C)c1cc(NC(=O)CN2CCC(c3c[nH]c4ccccc34)CC2)on1. The number of H-pyrrole nitrogens is 1. The summed E-state index contributed by atoms with van der Waals surface area (Å²) >= 11 is 0. The van der Waals surface area contributed by atoms with Gasteiger partial charge in [0.1, 0.15) is 0 Å². The van der Waals surface area contributed by atoms with E-state index in [1.165, 1.54) is 16.5 Å². The standard InChI is InChI=1S/C22H28N4O2/c1-22(2,3)19-12-21(28-25-19)24-20(27)14-26-10-8-15(9-11-26)17-13-23-18-7-5-4-6-16(17)18/h4-7,12-13,15,23H,8-11,14H2,1-3H3,(H,24,27). The first-order valence-electron chi connectivity index (χ1n) is 9.95. The van der Waals surface area contributed by atoms with Crippen LogP contribution in [0.25, 0.3) is 10.9 Å². The minimum absolute atomic E-state index is 0.0536. The second-order valence-corrected chi connectivity index (χ2v) is 8.71. The molecule has 3 aromatic rings. The third kappa shape index (κ3) is 3.97. The predicted molar refractivity (Wildman–Crippen MR) is 111 cm³/mol. The molecule has 6 heteroatoms. The van der Waals surface area contributed by atoms with Crippen LogP contribution in [0.15, 0.2) is 41.1 Å². The molecule has 1 aliphatic rings. The van der Waals surface area contributed by atoms with Gasteiger partial charge in [0.15, 0.2) is 0 Å². The van der Waals surface area contributed by atoms with E-state index in [4.69, 9.17) is 4.52 Å². The molecular formula is C22H28N4O2. The molecule has 0 unspecified atom stereocenters. The highest BCUT2D eigenvalue weighted by Crippen LogP contribution is 2.33. The zero-order valence-electron chi connectivity index (χ0n) is 16.8. The highest BCUT2D eigenvalue weighted by atomic mass is 16.5. The van der Waals surface area contributed by atoms with Crippen molar-refractivity contribution in [2.75, 3.05) is 25.0 Å². The molecule has 1 fully saturated rings. The summed E-state index contributed by atoms with van der Waals surface area (Å²) in [6.07, 6.45) is 4.27. The van der Waals surface area contributed by atoms with Crippen molar-refractivity contribution in [3.8, 4) is 0 Å². The lowest BCUT2D eigenvalue weighted by Crippen LogP contribution is -2.38. The minimum Gasteiger partial charge on any atom is -0.361 e. The quantitative estimate of drug-likeness (QED) is 0.709. The van der Waals surface area contributed by atoms with E-state index >= 15 is 0 Å². The molecule has 3 heterocycles. The second-order valence-electron chi connectivity index (χ2n) is 8.71. The summed E-state index contributed by atoms with van der Waals surface area (Å²) in [6, 6.07) is 10.3. The van der Waals surface area contributed by atoms with Crippen LogP contribution < -0.4 is 5.32 Å². The summed E-state index contributed by atoms with van der Waals surface area (Å²) in [5.41, 5.74) is 3.33. The van der Waals surface area contributed by atoms with E-state index in [0.29, 0.717) is 18.3 Å². The molecule has 0 aliphatic carbocycles. The van der Waals surface area contributed by atoms with E-state index in [1.54, 1.807) is 6.07 Å². The Hall–Kier alpha value is -2.60. The van der Waals surface area contributed by atoms with E-state index in [9.17, 15) is 4.79 Å². The summed E-state index contributed by atoms with van der Waals surface area (Å²) in [6.45, 7) is 8.41. The molecular weight excluding hydrogens is 352 g/mol. The number of nitrogens with zero attached hydrogens (tertiary/aromatic N) is 2. The third-order valence-corrected chi connectivity index (χ3v) is 5.56. The van der Waals surface area contributed by atoms with Crippen LogP contribution in [0.1, 0.15) is 50.8 Å². The fourth-order valence-corrected chi connectivity index (χ4v) is 3.90. The molecule has 0 radical (unpaired) electrons. The Morgan fingerprint density at radius 3 is 2.75 bits per heavy atom. The van der Waals surface area contributed by atoms with Gasteiger partial charge in [-0.3, -0.25) is 15.0 Å². The lowest BCUT2D eigenvalue weighted by atomic mass is 9.89. The number of nitrogens with one attached hydrogen (secondary N) is 2. The number of aromatic nitrogens is 2. The molecule has 0 spiro atoms. The van der Waals surface area contributed by atoms with Crippen molar-refractivity contribution in [2.45, 2.75) is 44.9 Å². The Labute approximate surface area is 165 Å². The second kappa shape index (κ2) is 7.43. The number of carbonyl (C=O) groups is 1. The minimum atomic E-state index is -0.100. The average molecular weight is 380 g/mol. The lowest BCUT2D eigenvalue weighted by Gasteiger charge is -2.31. The van der Waals surface area contributed by atoms with Crippen LogP contribution in [0.4, 0.5) is 5.88 Å². The molecule has 1 aromatic carbocycles. The Bertz CT molecular complexity index is 958. The summed E-state index contributed by atoms with van der Waals surface area (Å²) in [4.78, 5) is 18.0. The van der Waals surface area contributed by atoms with Gasteiger partial charge in [0.05, 0.1) is 12.2 Å². The molecule has 6 nitrogen and oxygen atoms in total. The van der Waals surface area contributed by atoms with E-state index in [-0.39, 0.29) is 11.3 Å². The molecule has 148 valence electrons. The zero-order chi connectivity index (χ0) is 19.7. The molecule has 1 aliphatic heterocycles. The van der Waals surface area contributed by atoms with Crippen LogP contribution in [0.3, 0.4) is 0 Å². The number of benzene rings is 1.